The highest BCUT2D eigenvalue weighted by molar-refractivity contribution is 5.83. The van der Waals surface area contributed by atoms with E-state index in [9.17, 15) is 0 Å². The van der Waals surface area contributed by atoms with Crippen molar-refractivity contribution in [3.8, 4) is 0 Å². The number of aryl methyl sites for hydroxylation is 3. The highest BCUT2D eigenvalue weighted by atomic mass is 15.2. The molecule has 1 aromatic carbocycles. The van der Waals surface area contributed by atoms with Crippen LogP contribution in [-0.4, -0.2) is 14.3 Å². The fourth-order valence-corrected chi connectivity index (χ4v) is 2.51. The molecular weight excluding hydrogens is 236 g/mol. The lowest BCUT2D eigenvalue weighted by Crippen LogP contribution is -2.00. The summed E-state index contributed by atoms with van der Waals surface area (Å²) >= 11 is 0. The van der Waals surface area contributed by atoms with E-state index in [1.54, 1.807) is 0 Å². The van der Waals surface area contributed by atoms with Gasteiger partial charge < -0.3 is 10.3 Å². The number of nitrogens with two attached hydrogens (primary N) is 1. The fraction of sp³-hybridized carbons (Fsp3) is 0.267. The minimum atomic E-state index is 0.587. The second kappa shape index (κ2) is 4.90. The standard InChI is InChI=1S/C15H18N4/c1-18-11-12(10-17-18)5-7-19-8-6-14-13(9-16)3-2-4-15(14)19/h2-4,6,8,10-11H,5,7,9,16H2,1H3. The SMILES string of the molecule is Cn1cc(CCn2ccc3c(CN)cccc32)cn1. The van der Waals surface area contributed by atoms with Crippen LogP contribution >= 0.6 is 0 Å². The van der Waals surface area contributed by atoms with E-state index in [0.29, 0.717) is 6.54 Å². The summed E-state index contributed by atoms with van der Waals surface area (Å²) in [7, 11) is 1.95. The summed E-state index contributed by atoms with van der Waals surface area (Å²) in [6.45, 7) is 1.55. The Labute approximate surface area is 112 Å². The van der Waals surface area contributed by atoms with Crippen LogP contribution in [0, 0.1) is 0 Å². The monoisotopic (exact) mass is 254 g/mol. The first-order valence-electron chi connectivity index (χ1n) is 6.52. The lowest BCUT2D eigenvalue weighted by molar-refractivity contribution is 0.720. The van der Waals surface area contributed by atoms with Crippen molar-refractivity contribution in [1.29, 1.82) is 0 Å². The molecule has 0 bridgehead atoms. The van der Waals surface area contributed by atoms with Gasteiger partial charge in [0.1, 0.15) is 0 Å². The minimum Gasteiger partial charge on any atom is -0.347 e. The molecule has 0 radical (unpaired) electrons. The zero-order valence-corrected chi connectivity index (χ0v) is 11.1. The van der Waals surface area contributed by atoms with Gasteiger partial charge >= 0.3 is 0 Å². The fourth-order valence-electron chi connectivity index (χ4n) is 2.51. The van der Waals surface area contributed by atoms with E-state index < -0.39 is 0 Å². The van der Waals surface area contributed by atoms with Crippen molar-refractivity contribution in [3.63, 3.8) is 0 Å². The molecule has 2 aromatic heterocycles. The van der Waals surface area contributed by atoms with Gasteiger partial charge in [0.05, 0.1) is 6.20 Å². The number of rotatable bonds is 4. The number of hydrogen-bond acceptors (Lipinski definition) is 2. The molecule has 3 rings (SSSR count). The molecule has 0 aliphatic heterocycles. The average molecular weight is 254 g/mol. The third-order valence-electron chi connectivity index (χ3n) is 3.52. The van der Waals surface area contributed by atoms with Gasteiger partial charge in [-0.3, -0.25) is 4.68 Å². The van der Waals surface area contributed by atoms with Crippen molar-refractivity contribution >= 4 is 10.9 Å². The zero-order chi connectivity index (χ0) is 13.2. The van der Waals surface area contributed by atoms with Crippen molar-refractivity contribution in [1.82, 2.24) is 14.3 Å². The van der Waals surface area contributed by atoms with Crippen LogP contribution in [0.5, 0.6) is 0 Å². The van der Waals surface area contributed by atoms with E-state index >= 15 is 0 Å². The molecule has 4 heteroatoms. The number of fused-ring (bicyclic) bond motifs is 1. The van der Waals surface area contributed by atoms with Crippen molar-refractivity contribution in [2.45, 2.75) is 19.5 Å². The van der Waals surface area contributed by atoms with Crippen LogP contribution in [0.3, 0.4) is 0 Å². The lowest BCUT2D eigenvalue weighted by Gasteiger charge is -2.05. The molecule has 0 spiro atoms. The Balaban J connectivity index is 1.85. The van der Waals surface area contributed by atoms with E-state index in [1.807, 2.05) is 17.9 Å². The summed E-state index contributed by atoms with van der Waals surface area (Å²) in [6, 6.07) is 8.47. The van der Waals surface area contributed by atoms with E-state index in [2.05, 4.69) is 46.3 Å². The van der Waals surface area contributed by atoms with Gasteiger partial charge in [0, 0.05) is 43.4 Å². The molecule has 2 heterocycles. The zero-order valence-electron chi connectivity index (χ0n) is 11.1. The first-order chi connectivity index (χ1) is 9.28. The molecule has 2 N–H and O–H groups in total. The van der Waals surface area contributed by atoms with Crippen LogP contribution in [0.1, 0.15) is 11.1 Å². The Kier molecular flexibility index (Phi) is 3.09. The molecule has 0 atom stereocenters. The third-order valence-corrected chi connectivity index (χ3v) is 3.52. The van der Waals surface area contributed by atoms with E-state index in [4.69, 9.17) is 5.73 Å². The van der Waals surface area contributed by atoms with Gasteiger partial charge in [-0.05, 0) is 29.7 Å². The molecule has 0 aliphatic carbocycles. The maximum Gasteiger partial charge on any atom is 0.0522 e. The summed E-state index contributed by atoms with van der Waals surface area (Å²) in [5.74, 6) is 0. The normalized spacial score (nSPS) is 11.3. The molecule has 4 nitrogen and oxygen atoms in total. The number of benzene rings is 1. The van der Waals surface area contributed by atoms with Crippen LogP contribution in [0.25, 0.3) is 10.9 Å². The van der Waals surface area contributed by atoms with Gasteiger partial charge in [-0.1, -0.05) is 12.1 Å². The van der Waals surface area contributed by atoms with E-state index in [0.717, 1.165) is 13.0 Å². The molecular formula is C15H18N4. The molecule has 0 saturated carbocycles. The van der Waals surface area contributed by atoms with E-state index in [-0.39, 0.29) is 0 Å². The lowest BCUT2D eigenvalue weighted by atomic mass is 10.1. The van der Waals surface area contributed by atoms with Gasteiger partial charge in [-0.15, -0.1) is 0 Å². The molecule has 0 saturated heterocycles. The third kappa shape index (κ3) is 2.27. The van der Waals surface area contributed by atoms with Gasteiger partial charge in [0.2, 0.25) is 0 Å². The summed E-state index contributed by atoms with van der Waals surface area (Å²) in [6.07, 6.45) is 7.12. The summed E-state index contributed by atoms with van der Waals surface area (Å²) < 4.78 is 4.12. The Morgan fingerprint density at radius 2 is 2.16 bits per heavy atom. The molecule has 19 heavy (non-hydrogen) atoms. The number of aromatic nitrogens is 3. The van der Waals surface area contributed by atoms with Crippen LogP contribution in [-0.2, 0) is 26.6 Å². The van der Waals surface area contributed by atoms with Gasteiger partial charge in [-0.2, -0.15) is 5.10 Å². The minimum absolute atomic E-state index is 0.587. The van der Waals surface area contributed by atoms with Crippen LogP contribution in [0.2, 0.25) is 0 Å². The highest BCUT2D eigenvalue weighted by Gasteiger charge is 2.05. The van der Waals surface area contributed by atoms with E-state index in [1.165, 1.54) is 22.0 Å². The number of nitrogens with zero attached hydrogens (tertiary/aromatic N) is 3. The largest absolute Gasteiger partial charge is 0.347 e. The van der Waals surface area contributed by atoms with Gasteiger partial charge in [0.25, 0.3) is 0 Å². The average Bonchev–Trinajstić information content (AvgIpc) is 3.02. The molecule has 0 amide bonds. The maximum atomic E-state index is 5.77. The van der Waals surface area contributed by atoms with Crippen molar-refractivity contribution < 1.29 is 0 Å². The summed E-state index contributed by atoms with van der Waals surface area (Å²) in [4.78, 5) is 0. The Bertz CT molecular complexity index is 693. The van der Waals surface area contributed by atoms with Crippen LogP contribution in [0.15, 0.2) is 42.9 Å². The summed E-state index contributed by atoms with van der Waals surface area (Å²) in [5.41, 5.74) is 9.50. The van der Waals surface area contributed by atoms with Gasteiger partial charge in [0.15, 0.2) is 0 Å². The Morgan fingerprint density at radius 1 is 1.26 bits per heavy atom. The first-order valence-corrected chi connectivity index (χ1v) is 6.52. The second-order valence-electron chi connectivity index (χ2n) is 4.84. The van der Waals surface area contributed by atoms with Gasteiger partial charge in [-0.25, -0.2) is 0 Å². The predicted molar refractivity (Wildman–Crippen MR) is 76.7 cm³/mol. The number of hydrogen-bond donors (Lipinski definition) is 1. The second-order valence-corrected chi connectivity index (χ2v) is 4.84. The molecule has 98 valence electrons. The molecule has 0 fully saturated rings. The maximum absolute atomic E-state index is 5.77. The summed E-state index contributed by atoms with van der Waals surface area (Å²) in [5, 5.41) is 5.46. The molecule has 0 unspecified atom stereocenters. The highest BCUT2D eigenvalue weighted by Crippen LogP contribution is 2.20. The Morgan fingerprint density at radius 3 is 2.89 bits per heavy atom. The van der Waals surface area contributed by atoms with Crippen molar-refractivity contribution in [2.75, 3.05) is 0 Å². The molecule has 0 aliphatic rings. The van der Waals surface area contributed by atoms with Crippen LogP contribution in [0.4, 0.5) is 0 Å². The first kappa shape index (κ1) is 12.0. The predicted octanol–water partition coefficient (Wildman–Crippen LogP) is 2.08. The quantitative estimate of drug-likeness (QED) is 0.775. The van der Waals surface area contributed by atoms with Crippen molar-refractivity contribution in [2.24, 2.45) is 12.8 Å². The Hall–Kier alpha value is -2.07. The smallest absolute Gasteiger partial charge is 0.0522 e. The topological polar surface area (TPSA) is 48.8 Å². The van der Waals surface area contributed by atoms with Crippen LogP contribution < -0.4 is 5.73 Å². The molecule has 3 aromatic rings. The van der Waals surface area contributed by atoms with Crippen molar-refractivity contribution in [3.05, 3.63) is 54.0 Å².